The maximum Gasteiger partial charge on any atom is 0.235 e. The maximum atomic E-state index is 12.3. The van der Waals surface area contributed by atoms with Crippen molar-refractivity contribution in [2.45, 2.75) is 34.1 Å². The van der Waals surface area contributed by atoms with Crippen LogP contribution in [-0.2, 0) is 9.53 Å². The molecule has 18 heavy (non-hydrogen) atoms. The Labute approximate surface area is 109 Å². The summed E-state index contributed by atoms with van der Waals surface area (Å²) in [5, 5.41) is 3.08. The third-order valence-electron chi connectivity index (χ3n) is 3.83. The van der Waals surface area contributed by atoms with E-state index in [4.69, 9.17) is 4.74 Å². The smallest absolute Gasteiger partial charge is 0.235 e. The van der Waals surface area contributed by atoms with E-state index in [1.165, 1.54) is 5.56 Å². The zero-order valence-electron chi connectivity index (χ0n) is 11.6. The lowest BCUT2D eigenvalue weighted by atomic mass is 9.82. The summed E-state index contributed by atoms with van der Waals surface area (Å²) in [7, 11) is 0. The van der Waals surface area contributed by atoms with Crippen LogP contribution in [0.1, 0.15) is 30.0 Å². The van der Waals surface area contributed by atoms with Gasteiger partial charge in [0, 0.05) is 5.69 Å². The highest BCUT2D eigenvalue weighted by molar-refractivity contribution is 5.97. The zero-order valence-corrected chi connectivity index (χ0v) is 11.6. The van der Waals surface area contributed by atoms with Gasteiger partial charge in [0.05, 0.1) is 18.6 Å². The minimum absolute atomic E-state index is 0.0892. The van der Waals surface area contributed by atoms with E-state index in [-0.39, 0.29) is 11.3 Å². The number of carbonyl (C=O) groups is 1. The topological polar surface area (TPSA) is 38.3 Å². The van der Waals surface area contributed by atoms with Crippen LogP contribution in [0.15, 0.2) is 12.1 Å². The molecule has 98 valence electrons. The molecule has 3 heteroatoms. The van der Waals surface area contributed by atoms with Crippen LogP contribution in [0.5, 0.6) is 0 Å². The first kappa shape index (κ1) is 13.1. The Balaban J connectivity index is 2.22. The van der Waals surface area contributed by atoms with Crippen molar-refractivity contribution in [3.05, 3.63) is 28.8 Å². The lowest BCUT2D eigenvalue weighted by Gasteiger charge is -2.39. The molecular weight excluding hydrogens is 226 g/mol. The molecule has 1 aromatic carbocycles. The van der Waals surface area contributed by atoms with Crippen LogP contribution in [0.3, 0.4) is 0 Å². The summed E-state index contributed by atoms with van der Waals surface area (Å²) >= 11 is 0. The van der Waals surface area contributed by atoms with E-state index < -0.39 is 0 Å². The second-order valence-electron chi connectivity index (χ2n) is 5.35. The van der Waals surface area contributed by atoms with Crippen molar-refractivity contribution in [3.8, 4) is 0 Å². The molecule has 0 aliphatic carbocycles. The lowest BCUT2D eigenvalue weighted by Crippen LogP contribution is -2.51. The van der Waals surface area contributed by atoms with Crippen LogP contribution >= 0.6 is 0 Å². The Bertz CT molecular complexity index is 447. The number of aryl methyl sites for hydroxylation is 3. The zero-order chi connectivity index (χ0) is 13.3. The van der Waals surface area contributed by atoms with Crippen LogP contribution in [0, 0.1) is 26.2 Å². The van der Waals surface area contributed by atoms with Crippen molar-refractivity contribution >= 4 is 11.6 Å². The fraction of sp³-hybridized carbons (Fsp3) is 0.533. The molecular formula is C15H21NO2. The number of benzene rings is 1. The van der Waals surface area contributed by atoms with Crippen molar-refractivity contribution in [1.82, 2.24) is 0 Å². The Hall–Kier alpha value is -1.35. The number of carbonyl (C=O) groups excluding carboxylic acids is 1. The van der Waals surface area contributed by atoms with Gasteiger partial charge in [0.25, 0.3) is 0 Å². The normalized spacial score (nSPS) is 17.1. The molecule has 0 unspecified atom stereocenters. The van der Waals surface area contributed by atoms with Gasteiger partial charge < -0.3 is 10.1 Å². The molecule has 1 fully saturated rings. The molecule has 2 rings (SSSR count). The maximum absolute atomic E-state index is 12.3. The molecule has 1 amide bonds. The largest absolute Gasteiger partial charge is 0.379 e. The van der Waals surface area contributed by atoms with E-state index >= 15 is 0 Å². The van der Waals surface area contributed by atoms with Crippen LogP contribution in [0.25, 0.3) is 0 Å². The fourth-order valence-electron chi connectivity index (χ4n) is 2.47. The van der Waals surface area contributed by atoms with Crippen molar-refractivity contribution < 1.29 is 9.53 Å². The molecule has 1 heterocycles. The minimum atomic E-state index is -0.316. The Morgan fingerprint density at radius 1 is 1.28 bits per heavy atom. The number of ether oxygens (including phenoxy) is 1. The Morgan fingerprint density at radius 3 is 2.22 bits per heavy atom. The first-order valence-corrected chi connectivity index (χ1v) is 6.45. The van der Waals surface area contributed by atoms with Gasteiger partial charge in [-0.2, -0.15) is 0 Å². The monoisotopic (exact) mass is 247 g/mol. The molecule has 0 atom stereocenters. The predicted octanol–water partition coefficient (Wildman–Crippen LogP) is 2.98. The standard InChI is InChI=1S/C15H21NO2/c1-5-15(8-18-9-15)14(17)16-13-11(3)6-10(2)7-12(13)4/h6-7H,5,8-9H2,1-4H3,(H,16,17). The Morgan fingerprint density at radius 2 is 1.83 bits per heavy atom. The molecule has 0 aromatic heterocycles. The number of nitrogens with one attached hydrogen (secondary N) is 1. The summed E-state index contributed by atoms with van der Waals surface area (Å²) in [6, 6.07) is 4.19. The molecule has 0 bridgehead atoms. The Kier molecular flexibility index (Phi) is 3.44. The van der Waals surface area contributed by atoms with Crippen molar-refractivity contribution in [2.75, 3.05) is 18.5 Å². The van der Waals surface area contributed by atoms with E-state index in [0.717, 1.165) is 23.2 Å². The quantitative estimate of drug-likeness (QED) is 0.891. The first-order chi connectivity index (χ1) is 8.48. The van der Waals surface area contributed by atoms with Crippen LogP contribution in [-0.4, -0.2) is 19.1 Å². The molecule has 0 saturated carbocycles. The van der Waals surface area contributed by atoms with E-state index in [1.54, 1.807) is 0 Å². The van der Waals surface area contributed by atoms with Gasteiger partial charge in [0.1, 0.15) is 0 Å². The molecule has 1 aromatic rings. The van der Waals surface area contributed by atoms with E-state index in [9.17, 15) is 4.79 Å². The number of amides is 1. The number of hydrogen-bond donors (Lipinski definition) is 1. The average molecular weight is 247 g/mol. The fourth-order valence-corrected chi connectivity index (χ4v) is 2.47. The molecule has 1 saturated heterocycles. The lowest BCUT2D eigenvalue weighted by molar-refractivity contribution is -0.156. The summed E-state index contributed by atoms with van der Waals surface area (Å²) in [5.74, 6) is 0.0892. The SMILES string of the molecule is CCC1(C(=O)Nc2c(C)cc(C)cc2C)COC1. The van der Waals surface area contributed by atoms with E-state index in [0.29, 0.717) is 13.2 Å². The van der Waals surface area contributed by atoms with Gasteiger partial charge in [-0.05, 0) is 38.3 Å². The van der Waals surface area contributed by atoms with Crippen molar-refractivity contribution in [3.63, 3.8) is 0 Å². The summed E-state index contributed by atoms with van der Waals surface area (Å²) in [4.78, 5) is 12.3. The highest BCUT2D eigenvalue weighted by Crippen LogP contribution is 2.33. The van der Waals surface area contributed by atoms with Crippen molar-refractivity contribution in [2.24, 2.45) is 5.41 Å². The van der Waals surface area contributed by atoms with Gasteiger partial charge in [0.15, 0.2) is 0 Å². The summed E-state index contributed by atoms with van der Waals surface area (Å²) < 4.78 is 5.21. The number of hydrogen-bond acceptors (Lipinski definition) is 2. The van der Waals surface area contributed by atoms with Crippen LogP contribution in [0.2, 0.25) is 0 Å². The highest BCUT2D eigenvalue weighted by Gasteiger charge is 2.44. The summed E-state index contributed by atoms with van der Waals surface area (Å²) in [6.45, 7) is 9.26. The van der Waals surface area contributed by atoms with Crippen LogP contribution < -0.4 is 5.32 Å². The average Bonchev–Trinajstić information content (AvgIpc) is 2.22. The molecule has 1 N–H and O–H groups in total. The van der Waals surface area contributed by atoms with Gasteiger partial charge in [-0.25, -0.2) is 0 Å². The van der Waals surface area contributed by atoms with Gasteiger partial charge in [-0.3, -0.25) is 4.79 Å². The minimum Gasteiger partial charge on any atom is -0.379 e. The van der Waals surface area contributed by atoms with Gasteiger partial charge in [-0.1, -0.05) is 24.6 Å². The summed E-state index contributed by atoms with van der Waals surface area (Å²) in [6.07, 6.45) is 0.822. The molecule has 3 nitrogen and oxygen atoms in total. The second kappa shape index (κ2) is 4.73. The third-order valence-corrected chi connectivity index (χ3v) is 3.83. The van der Waals surface area contributed by atoms with Crippen LogP contribution in [0.4, 0.5) is 5.69 Å². The van der Waals surface area contributed by atoms with Gasteiger partial charge >= 0.3 is 0 Å². The van der Waals surface area contributed by atoms with Gasteiger partial charge in [-0.15, -0.1) is 0 Å². The van der Waals surface area contributed by atoms with Crippen molar-refractivity contribution in [1.29, 1.82) is 0 Å². The first-order valence-electron chi connectivity index (χ1n) is 6.45. The number of rotatable bonds is 3. The van der Waals surface area contributed by atoms with E-state index in [2.05, 4.69) is 24.4 Å². The summed E-state index contributed by atoms with van der Waals surface area (Å²) in [5.41, 5.74) is 4.09. The van der Waals surface area contributed by atoms with Gasteiger partial charge in [0.2, 0.25) is 5.91 Å². The molecule has 1 aliphatic rings. The third kappa shape index (κ3) is 2.15. The van der Waals surface area contributed by atoms with E-state index in [1.807, 2.05) is 20.8 Å². The molecule has 0 spiro atoms. The predicted molar refractivity (Wildman–Crippen MR) is 72.8 cm³/mol. The molecule has 1 aliphatic heterocycles. The molecule has 0 radical (unpaired) electrons. The highest BCUT2D eigenvalue weighted by atomic mass is 16.5. The number of anilines is 1. The second-order valence-corrected chi connectivity index (χ2v) is 5.35.